The number of nitrogens with zero attached hydrogens (tertiary/aromatic N) is 1. The van der Waals surface area contributed by atoms with Gasteiger partial charge in [0.05, 0.1) is 12.5 Å². The van der Waals surface area contributed by atoms with Crippen molar-refractivity contribution in [2.45, 2.75) is 44.9 Å². The topological polar surface area (TPSA) is 92.0 Å². The molecule has 2 rings (SSSR count). The van der Waals surface area contributed by atoms with Crippen LogP contribution < -0.4 is 5.32 Å². The molecule has 1 amide bonds. The summed E-state index contributed by atoms with van der Waals surface area (Å²) in [4.78, 5) is 25.5. The Labute approximate surface area is 129 Å². The predicted molar refractivity (Wildman–Crippen MR) is 78.3 cm³/mol. The first kappa shape index (κ1) is 16.4. The summed E-state index contributed by atoms with van der Waals surface area (Å²) in [5.74, 6) is -1.05. The zero-order chi connectivity index (χ0) is 16.4. The summed E-state index contributed by atoms with van der Waals surface area (Å²) >= 11 is 0. The van der Waals surface area contributed by atoms with Crippen molar-refractivity contribution in [1.29, 1.82) is 0 Å². The van der Waals surface area contributed by atoms with Gasteiger partial charge < -0.3 is 19.6 Å². The van der Waals surface area contributed by atoms with Crippen LogP contribution in [0.4, 0.5) is 4.79 Å². The Morgan fingerprint density at radius 3 is 2.77 bits per heavy atom. The van der Waals surface area contributed by atoms with Gasteiger partial charge >= 0.3 is 12.1 Å². The number of aliphatic carboxylic acids is 1. The first-order valence-electron chi connectivity index (χ1n) is 7.18. The van der Waals surface area contributed by atoms with Gasteiger partial charge in [-0.1, -0.05) is 0 Å². The lowest BCUT2D eigenvalue weighted by Gasteiger charge is -2.28. The molecule has 0 spiro atoms. The highest BCUT2D eigenvalue weighted by atomic mass is 16.6. The molecule has 122 valence electrons. The van der Waals surface area contributed by atoms with Gasteiger partial charge in [0.25, 0.3) is 0 Å². The number of likely N-dealkylation sites (tertiary alicyclic amines) is 1. The van der Waals surface area contributed by atoms with E-state index < -0.39 is 23.2 Å². The molecular weight excluding hydrogens is 288 g/mol. The fraction of sp³-hybridized carbons (Fsp3) is 0.600. The largest absolute Gasteiger partial charge is 0.479 e. The highest BCUT2D eigenvalue weighted by molar-refractivity contribution is 5.85. The van der Waals surface area contributed by atoms with Crippen LogP contribution in [0.15, 0.2) is 23.0 Å². The molecule has 1 fully saturated rings. The van der Waals surface area contributed by atoms with Crippen molar-refractivity contribution in [3.05, 3.63) is 24.2 Å². The van der Waals surface area contributed by atoms with E-state index in [9.17, 15) is 14.7 Å². The number of hydrogen-bond acceptors (Lipinski definition) is 5. The first-order valence-corrected chi connectivity index (χ1v) is 7.18. The van der Waals surface area contributed by atoms with E-state index in [1.54, 1.807) is 33.3 Å². The van der Waals surface area contributed by atoms with Crippen LogP contribution in [0.5, 0.6) is 0 Å². The smallest absolute Gasteiger partial charge is 0.408 e. The Balaban J connectivity index is 2.01. The second kappa shape index (κ2) is 6.00. The number of carbonyl (C=O) groups excluding carboxylic acids is 1. The maximum Gasteiger partial charge on any atom is 0.408 e. The maximum atomic E-state index is 11.9. The van der Waals surface area contributed by atoms with Crippen molar-refractivity contribution >= 4 is 12.1 Å². The van der Waals surface area contributed by atoms with Crippen LogP contribution in [0.1, 0.15) is 32.8 Å². The summed E-state index contributed by atoms with van der Waals surface area (Å²) in [6.07, 6.45) is 2.83. The molecule has 0 bridgehead atoms. The van der Waals surface area contributed by atoms with Gasteiger partial charge in [0.1, 0.15) is 5.60 Å². The number of carboxylic acid groups (broad SMARTS) is 1. The van der Waals surface area contributed by atoms with Gasteiger partial charge in [-0.15, -0.1) is 0 Å². The van der Waals surface area contributed by atoms with Crippen LogP contribution in [-0.2, 0) is 16.1 Å². The zero-order valence-corrected chi connectivity index (χ0v) is 13.1. The van der Waals surface area contributed by atoms with Gasteiger partial charge in [0.15, 0.2) is 5.54 Å². The molecule has 0 aromatic carbocycles. The van der Waals surface area contributed by atoms with Crippen molar-refractivity contribution in [2.24, 2.45) is 0 Å². The van der Waals surface area contributed by atoms with E-state index in [4.69, 9.17) is 9.15 Å². The molecule has 1 aliphatic heterocycles. The summed E-state index contributed by atoms with van der Waals surface area (Å²) < 4.78 is 10.2. The van der Waals surface area contributed by atoms with E-state index in [1.807, 2.05) is 11.0 Å². The number of carbonyl (C=O) groups is 2. The molecule has 2 N–H and O–H groups in total. The normalized spacial score (nSPS) is 22.5. The fourth-order valence-electron chi connectivity index (χ4n) is 2.49. The highest BCUT2D eigenvalue weighted by Gasteiger charge is 2.46. The van der Waals surface area contributed by atoms with E-state index in [1.165, 1.54) is 0 Å². The molecule has 1 aromatic heterocycles. The first-order chi connectivity index (χ1) is 10.2. The van der Waals surface area contributed by atoms with Crippen molar-refractivity contribution < 1.29 is 23.8 Å². The molecule has 0 aliphatic carbocycles. The summed E-state index contributed by atoms with van der Waals surface area (Å²) in [7, 11) is 0. The zero-order valence-electron chi connectivity index (χ0n) is 13.1. The molecule has 2 heterocycles. The lowest BCUT2D eigenvalue weighted by Crippen LogP contribution is -2.57. The van der Waals surface area contributed by atoms with Gasteiger partial charge in [0, 0.05) is 25.2 Å². The van der Waals surface area contributed by atoms with E-state index in [-0.39, 0.29) is 6.54 Å². The number of hydrogen-bond donors (Lipinski definition) is 2. The van der Waals surface area contributed by atoms with E-state index in [2.05, 4.69) is 5.32 Å². The minimum atomic E-state index is -1.31. The molecule has 1 aromatic rings. The number of furan rings is 1. The average Bonchev–Trinajstić information content (AvgIpc) is 2.98. The molecule has 1 atom stereocenters. The fourth-order valence-corrected chi connectivity index (χ4v) is 2.49. The molecule has 7 heteroatoms. The molecular formula is C15H22N2O5. The number of ether oxygens (including phenoxy) is 1. The lowest BCUT2D eigenvalue weighted by atomic mass is 9.99. The molecule has 7 nitrogen and oxygen atoms in total. The van der Waals surface area contributed by atoms with Crippen LogP contribution in [0, 0.1) is 0 Å². The Kier molecular flexibility index (Phi) is 4.46. The molecule has 22 heavy (non-hydrogen) atoms. The van der Waals surface area contributed by atoms with Crippen molar-refractivity contribution in [1.82, 2.24) is 10.2 Å². The highest BCUT2D eigenvalue weighted by Crippen LogP contribution is 2.24. The van der Waals surface area contributed by atoms with Crippen molar-refractivity contribution in [3.8, 4) is 0 Å². The number of amides is 1. The summed E-state index contributed by atoms with van der Waals surface area (Å²) in [5.41, 5.74) is -1.01. The Morgan fingerprint density at radius 1 is 1.50 bits per heavy atom. The van der Waals surface area contributed by atoms with E-state index >= 15 is 0 Å². The molecule has 1 unspecified atom stereocenters. The second-order valence-corrected chi connectivity index (χ2v) is 6.61. The third kappa shape index (κ3) is 4.00. The van der Waals surface area contributed by atoms with Crippen molar-refractivity contribution in [2.75, 3.05) is 13.1 Å². The third-order valence-corrected chi connectivity index (χ3v) is 3.48. The standard InChI is InChI=1S/C15H22N2O5/c1-14(2,3)22-13(20)16-15(12(18)19)5-6-17(10-15)8-11-4-7-21-9-11/h4,7,9H,5-6,8,10H2,1-3H3,(H,16,20)(H,18,19). The predicted octanol–water partition coefficient (Wildman–Crippen LogP) is 1.83. The molecule has 0 radical (unpaired) electrons. The van der Waals surface area contributed by atoms with Gasteiger partial charge in [-0.05, 0) is 33.3 Å². The Bertz CT molecular complexity index is 535. The van der Waals surface area contributed by atoms with Gasteiger partial charge in [0.2, 0.25) is 0 Å². The monoisotopic (exact) mass is 310 g/mol. The number of nitrogens with one attached hydrogen (secondary N) is 1. The quantitative estimate of drug-likeness (QED) is 0.881. The Morgan fingerprint density at radius 2 is 2.23 bits per heavy atom. The minimum absolute atomic E-state index is 0.229. The minimum Gasteiger partial charge on any atom is -0.479 e. The number of rotatable bonds is 4. The van der Waals surface area contributed by atoms with E-state index in [0.29, 0.717) is 19.5 Å². The second-order valence-electron chi connectivity index (χ2n) is 6.61. The van der Waals surface area contributed by atoms with Gasteiger partial charge in [-0.3, -0.25) is 4.90 Å². The average molecular weight is 310 g/mol. The SMILES string of the molecule is CC(C)(C)OC(=O)NC1(C(=O)O)CCN(Cc2ccoc2)C1. The number of alkyl carbamates (subject to hydrolysis) is 1. The number of carboxylic acids is 1. The van der Waals surface area contributed by atoms with Crippen LogP contribution >= 0.6 is 0 Å². The summed E-state index contributed by atoms with van der Waals surface area (Å²) in [6, 6.07) is 1.84. The summed E-state index contributed by atoms with van der Waals surface area (Å²) in [5, 5.41) is 12.1. The lowest BCUT2D eigenvalue weighted by molar-refractivity contribution is -0.144. The van der Waals surface area contributed by atoms with Crippen LogP contribution in [0.25, 0.3) is 0 Å². The Hall–Kier alpha value is -2.02. The maximum absolute atomic E-state index is 11.9. The molecule has 0 saturated carbocycles. The molecule has 1 aliphatic rings. The van der Waals surface area contributed by atoms with Crippen LogP contribution in [0.3, 0.4) is 0 Å². The van der Waals surface area contributed by atoms with E-state index in [0.717, 1.165) is 5.56 Å². The molecule has 1 saturated heterocycles. The summed E-state index contributed by atoms with van der Waals surface area (Å²) in [6.45, 7) is 6.60. The van der Waals surface area contributed by atoms with Crippen LogP contribution in [-0.4, -0.2) is 46.3 Å². The van der Waals surface area contributed by atoms with Crippen LogP contribution in [0.2, 0.25) is 0 Å². The van der Waals surface area contributed by atoms with Gasteiger partial charge in [-0.25, -0.2) is 9.59 Å². The van der Waals surface area contributed by atoms with Gasteiger partial charge in [-0.2, -0.15) is 0 Å². The third-order valence-electron chi connectivity index (χ3n) is 3.48. The van der Waals surface area contributed by atoms with Crippen molar-refractivity contribution in [3.63, 3.8) is 0 Å².